The number of rotatable bonds is 6. The van der Waals surface area contributed by atoms with Crippen LogP contribution in [-0.4, -0.2) is 29.8 Å². The molecule has 2 amide bonds. The van der Waals surface area contributed by atoms with Gasteiger partial charge in [0.25, 0.3) is 5.91 Å². The molecule has 0 heterocycles. The molecule has 26 heavy (non-hydrogen) atoms. The van der Waals surface area contributed by atoms with Crippen molar-refractivity contribution in [2.24, 2.45) is 5.92 Å². The minimum atomic E-state index is -0.632. The van der Waals surface area contributed by atoms with Crippen LogP contribution in [0, 0.1) is 18.7 Å². The van der Waals surface area contributed by atoms with E-state index in [0.29, 0.717) is 12.1 Å². The maximum absolute atomic E-state index is 13.0. The maximum atomic E-state index is 13.0. The zero-order valence-corrected chi connectivity index (χ0v) is 15.6. The summed E-state index contributed by atoms with van der Waals surface area (Å²) in [5.41, 5.74) is 2.25. The van der Waals surface area contributed by atoms with Crippen molar-refractivity contribution in [3.63, 3.8) is 0 Å². The van der Waals surface area contributed by atoms with Crippen molar-refractivity contribution in [1.29, 1.82) is 0 Å². The molecule has 4 nitrogen and oxygen atoms in total. The normalized spacial score (nSPS) is 11.9. The van der Waals surface area contributed by atoms with Gasteiger partial charge < -0.3 is 10.2 Å². The summed E-state index contributed by atoms with van der Waals surface area (Å²) in [6, 6.07) is 12.7. The predicted octanol–water partition coefficient (Wildman–Crippen LogP) is 3.55. The van der Waals surface area contributed by atoms with Crippen LogP contribution in [0.15, 0.2) is 48.5 Å². The molecular formula is C21H25FN2O2. The van der Waals surface area contributed by atoms with Gasteiger partial charge in [0.1, 0.15) is 11.9 Å². The standard InChI is InChI=1S/C21H25FN2O2/c1-14(2)19(23-20(25)18-8-6-5-7-15(18)3)21(26)24(4)13-16-9-11-17(22)12-10-16/h5-12,14,19H,13H2,1-4H3,(H,23,25). The van der Waals surface area contributed by atoms with Crippen LogP contribution in [0.3, 0.4) is 0 Å². The molecule has 0 aliphatic heterocycles. The second-order valence-corrected chi connectivity index (χ2v) is 6.83. The lowest BCUT2D eigenvalue weighted by Crippen LogP contribution is -2.50. The van der Waals surface area contributed by atoms with Gasteiger partial charge in [0.2, 0.25) is 5.91 Å². The molecule has 0 saturated heterocycles. The van der Waals surface area contributed by atoms with E-state index < -0.39 is 6.04 Å². The fourth-order valence-corrected chi connectivity index (χ4v) is 2.74. The summed E-state index contributed by atoms with van der Waals surface area (Å²) in [7, 11) is 1.68. The fourth-order valence-electron chi connectivity index (χ4n) is 2.74. The molecule has 1 unspecified atom stereocenters. The van der Waals surface area contributed by atoms with Crippen molar-refractivity contribution in [1.82, 2.24) is 10.2 Å². The monoisotopic (exact) mass is 356 g/mol. The number of aryl methyl sites for hydroxylation is 1. The highest BCUT2D eigenvalue weighted by molar-refractivity contribution is 5.98. The number of nitrogens with one attached hydrogen (secondary N) is 1. The van der Waals surface area contributed by atoms with Crippen molar-refractivity contribution in [3.8, 4) is 0 Å². The Bertz CT molecular complexity index is 772. The number of carbonyl (C=O) groups is 2. The van der Waals surface area contributed by atoms with Crippen molar-refractivity contribution in [2.45, 2.75) is 33.4 Å². The summed E-state index contributed by atoms with van der Waals surface area (Å²) in [5.74, 6) is -0.809. The number of carbonyl (C=O) groups excluding carboxylic acids is 2. The van der Waals surface area contributed by atoms with Crippen LogP contribution in [0.4, 0.5) is 4.39 Å². The first kappa shape index (κ1) is 19.6. The van der Waals surface area contributed by atoms with Gasteiger partial charge in [-0.1, -0.05) is 44.2 Å². The third-order valence-electron chi connectivity index (χ3n) is 4.32. The highest BCUT2D eigenvalue weighted by Crippen LogP contribution is 2.12. The van der Waals surface area contributed by atoms with E-state index in [-0.39, 0.29) is 23.5 Å². The van der Waals surface area contributed by atoms with Gasteiger partial charge in [0.05, 0.1) is 0 Å². The minimum absolute atomic E-state index is 0.0638. The molecule has 0 bridgehead atoms. The Morgan fingerprint density at radius 3 is 2.27 bits per heavy atom. The molecule has 2 aromatic carbocycles. The second kappa shape index (κ2) is 8.61. The maximum Gasteiger partial charge on any atom is 0.252 e. The first-order chi connectivity index (χ1) is 12.3. The van der Waals surface area contributed by atoms with Crippen LogP contribution >= 0.6 is 0 Å². The molecule has 5 heteroatoms. The quantitative estimate of drug-likeness (QED) is 0.861. The van der Waals surface area contributed by atoms with Gasteiger partial charge in [-0.15, -0.1) is 0 Å². The summed E-state index contributed by atoms with van der Waals surface area (Å²) in [4.78, 5) is 27.0. The third kappa shape index (κ3) is 4.91. The highest BCUT2D eigenvalue weighted by atomic mass is 19.1. The highest BCUT2D eigenvalue weighted by Gasteiger charge is 2.27. The molecule has 0 fully saturated rings. The van der Waals surface area contributed by atoms with E-state index in [9.17, 15) is 14.0 Å². The van der Waals surface area contributed by atoms with E-state index in [2.05, 4.69) is 5.32 Å². The average molecular weight is 356 g/mol. The van der Waals surface area contributed by atoms with Crippen LogP contribution in [0.5, 0.6) is 0 Å². The number of amides is 2. The SMILES string of the molecule is Cc1ccccc1C(=O)NC(C(=O)N(C)Cc1ccc(F)cc1)C(C)C. The van der Waals surface area contributed by atoms with Gasteiger partial charge in [-0.05, 0) is 42.2 Å². The predicted molar refractivity (Wildman–Crippen MR) is 100 cm³/mol. The van der Waals surface area contributed by atoms with E-state index in [1.54, 1.807) is 36.2 Å². The Morgan fingerprint density at radius 2 is 1.69 bits per heavy atom. The smallest absolute Gasteiger partial charge is 0.252 e. The molecule has 0 aromatic heterocycles. The average Bonchev–Trinajstić information content (AvgIpc) is 2.61. The first-order valence-electron chi connectivity index (χ1n) is 8.65. The van der Waals surface area contributed by atoms with E-state index >= 15 is 0 Å². The number of halogens is 1. The Morgan fingerprint density at radius 1 is 1.08 bits per heavy atom. The van der Waals surface area contributed by atoms with Crippen molar-refractivity contribution < 1.29 is 14.0 Å². The lowest BCUT2D eigenvalue weighted by molar-refractivity contribution is -0.133. The molecule has 0 aliphatic rings. The van der Waals surface area contributed by atoms with Gasteiger partial charge >= 0.3 is 0 Å². The van der Waals surface area contributed by atoms with Gasteiger partial charge in [-0.3, -0.25) is 9.59 Å². The largest absolute Gasteiger partial charge is 0.340 e. The minimum Gasteiger partial charge on any atom is -0.340 e. The van der Waals surface area contributed by atoms with Crippen molar-refractivity contribution in [2.75, 3.05) is 7.05 Å². The molecule has 0 saturated carbocycles. The van der Waals surface area contributed by atoms with Gasteiger partial charge in [-0.25, -0.2) is 4.39 Å². The molecule has 0 aliphatic carbocycles. The molecule has 2 aromatic rings. The lowest BCUT2D eigenvalue weighted by atomic mass is 10.0. The Kier molecular flexibility index (Phi) is 6.50. The van der Waals surface area contributed by atoms with Crippen LogP contribution < -0.4 is 5.32 Å². The molecule has 1 atom stereocenters. The summed E-state index contributed by atoms with van der Waals surface area (Å²) >= 11 is 0. The number of nitrogens with zero attached hydrogens (tertiary/aromatic N) is 1. The van der Waals surface area contributed by atoms with Crippen molar-refractivity contribution >= 4 is 11.8 Å². The zero-order chi connectivity index (χ0) is 19.3. The van der Waals surface area contributed by atoms with Crippen LogP contribution in [0.2, 0.25) is 0 Å². The zero-order valence-electron chi connectivity index (χ0n) is 15.6. The number of likely N-dealkylation sites (N-methyl/N-ethyl adjacent to an activating group) is 1. The Balaban J connectivity index is 2.10. The van der Waals surface area contributed by atoms with Gasteiger partial charge in [-0.2, -0.15) is 0 Å². The first-order valence-corrected chi connectivity index (χ1v) is 8.65. The molecule has 2 rings (SSSR count). The lowest BCUT2D eigenvalue weighted by Gasteiger charge is -2.27. The van der Waals surface area contributed by atoms with Crippen LogP contribution in [0.25, 0.3) is 0 Å². The van der Waals surface area contributed by atoms with Gasteiger partial charge in [0, 0.05) is 19.2 Å². The summed E-state index contributed by atoms with van der Waals surface area (Å²) < 4.78 is 13.0. The third-order valence-corrected chi connectivity index (χ3v) is 4.32. The number of hydrogen-bond donors (Lipinski definition) is 1. The summed E-state index contributed by atoms with van der Waals surface area (Å²) in [5, 5.41) is 2.86. The van der Waals surface area contributed by atoms with E-state index in [1.807, 2.05) is 32.9 Å². The van der Waals surface area contributed by atoms with Crippen molar-refractivity contribution in [3.05, 3.63) is 71.0 Å². The van der Waals surface area contributed by atoms with Gasteiger partial charge in [0.15, 0.2) is 0 Å². The Hall–Kier alpha value is -2.69. The van der Waals surface area contributed by atoms with Crippen LogP contribution in [-0.2, 0) is 11.3 Å². The molecule has 138 valence electrons. The van der Waals surface area contributed by atoms with E-state index in [4.69, 9.17) is 0 Å². The second-order valence-electron chi connectivity index (χ2n) is 6.83. The molecule has 0 spiro atoms. The number of benzene rings is 2. The molecule has 0 radical (unpaired) electrons. The van der Waals surface area contributed by atoms with Crippen LogP contribution in [0.1, 0.15) is 35.3 Å². The van der Waals surface area contributed by atoms with E-state index in [1.165, 1.54) is 12.1 Å². The summed E-state index contributed by atoms with van der Waals surface area (Å²) in [6.07, 6.45) is 0. The summed E-state index contributed by atoms with van der Waals surface area (Å²) in [6.45, 7) is 6.00. The molecule has 1 N–H and O–H groups in total. The number of hydrogen-bond acceptors (Lipinski definition) is 2. The Labute approximate surface area is 154 Å². The van der Waals surface area contributed by atoms with E-state index in [0.717, 1.165) is 11.1 Å². The fraction of sp³-hybridized carbons (Fsp3) is 0.333. The molecular weight excluding hydrogens is 331 g/mol. The topological polar surface area (TPSA) is 49.4 Å².